The fourth-order valence-electron chi connectivity index (χ4n) is 1.68. The van der Waals surface area contributed by atoms with E-state index in [2.05, 4.69) is 4.85 Å². The lowest BCUT2D eigenvalue weighted by atomic mass is 9.96. The maximum atomic E-state index is 12.9. The maximum absolute atomic E-state index is 12.9. The molecule has 0 amide bonds. The summed E-state index contributed by atoms with van der Waals surface area (Å²) >= 11 is 0. The second-order valence-electron chi connectivity index (χ2n) is 4.26. The Morgan fingerprint density at radius 3 is 1.79 bits per heavy atom. The molecular formula is C13H5F8NO2. The minimum Gasteiger partial charge on any atom is -0.507 e. The van der Waals surface area contributed by atoms with E-state index >= 15 is 0 Å². The van der Waals surface area contributed by atoms with E-state index in [1.54, 1.807) is 0 Å². The maximum Gasteiger partial charge on any atom is 0.415 e. The van der Waals surface area contributed by atoms with Crippen molar-refractivity contribution in [2.75, 3.05) is 0 Å². The molecule has 0 spiro atoms. The van der Waals surface area contributed by atoms with Crippen molar-refractivity contribution in [3.05, 3.63) is 46.3 Å². The van der Waals surface area contributed by atoms with Gasteiger partial charge in [0.1, 0.15) is 5.76 Å². The predicted molar refractivity (Wildman–Crippen MR) is 64.3 cm³/mol. The zero-order chi connectivity index (χ0) is 18.9. The van der Waals surface area contributed by atoms with Crippen molar-refractivity contribution < 1.29 is 45.0 Å². The summed E-state index contributed by atoms with van der Waals surface area (Å²) in [4.78, 5) is 13.2. The second-order valence-corrected chi connectivity index (χ2v) is 4.26. The number of nitrogens with zero attached hydrogens (tertiary/aromatic N) is 1. The zero-order valence-electron chi connectivity index (χ0n) is 11.1. The van der Waals surface area contributed by atoms with Crippen LogP contribution in [0, 0.1) is 6.57 Å². The number of ketones is 1. The van der Waals surface area contributed by atoms with Crippen LogP contribution in [0.15, 0.2) is 18.2 Å². The number of rotatable bonds is 3. The lowest BCUT2D eigenvalue weighted by molar-refractivity contribution is -0.143. The average Bonchev–Trinajstić information content (AvgIpc) is 2.43. The van der Waals surface area contributed by atoms with E-state index in [1.807, 2.05) is 0 Å². The number of alkyl halides is 8. The summed E-state index contributed by atoms with van der Waals surface area (Å²) in [6, 6.07) is 0.0168. The highest BCUT2D eigenvalue weighted by Crippen LogP contribution is 2.44. The normalized spacial score (nSPS) is 13.1. The van der Waals surface area contributed by atoms with Crippen LogP contribution in [-0.2, 0) is 17.1 Å². The molecule has 0 fully saturated rings. The molecule has 0 heterocycles. The van der Waals surface area contributed by atoms with E-state index in [0.29, 0.717) is 0 Å². The molecule has 0 aliphatic carbocycles. The first-order valence-electron chi connectivity index (χ1n) is 5.72. The Balaban J connectivity index is 3.85. The monoisotopic (exact) mass is 359 g/mol. The van der Waals surface area contributed by atoms with Crippen molar-refractivity contribution in [1.82, 2.24) is 0 Å². The first kappa shape index (κ1) is 19.4. The molecule has 1 N–H and O–H groups in total. The Morgan fingerprint density at radius 1 is 1.08 bits per heavy atom. The number of hydrogen-bond donors (Lipinski definition) is 1. The predicted octanol–water partition coefficient (Wildman–Crippen LogP) is 5.01. The van der Waals surface area contributed by atoms with Crippen molar-refractivity contribution >= 4 is 17.2 Å². The summed E-state index contributed by atoms with van der Waals surface area (Å²) in [7, 11) is 0. The molecule has 0 bridgehead atoms. The molecule has 11 heteroatoms. The molecule has 0 atom stereocenters. The molecular weight excluding hydrogens is 354 g/mol. The van der Waals surface area contributed by atoms with Crippen molar-refractivity contribution in [3.8, 4) is 0 Å². The smallest absolute Gasteiger partial charge is 0.415 e. The quantitative estimate of drug-likeness (QED) is 0.357. The summed E-state index contributed by atoms with van der Waals surface area (Å²) in [5.74, 6) is -4.11. The van der Waals surface area contributed by atoms with Gasteiger partial charge in [-0.25, -0.2) is 13.6 Å². The molecule has 1 aromatic rings. The van der Waals surface area contributed by atoms with Crippen molar-refractivity contribution in [2.24, 2.45) is 0 Å². The zero-order valence-corrected chi connectivity index (χ0v) is 11.1. The SMILES string of the molecule is [C-]#[N+]c1cc(C(F)(F)F)c(/C(O)=C/C(=O)C(F)F)c(C(F)(F)F)c1. The first-order valence-corrected chi connectivity index (χ1v) is 5.72. The highest BCUT2D eigenvalue weighted by molar-refractivity contribution is 5.98. The minimum absolute atomic E-state index is 0.00842. The topological polar surface area (TPSA) is 41.7 Å². The summed E-state index contributed by atoms with van der Waals surface area (Å²) in [6.07, 6.45) is -15.1. The molecule has 0 radical (unpaired) electrons. The van der Waals surface area contributed by atoms with E-state index in [9.17, 15) is 45.0 Å². The number of aliphatic hydroxyl groups excluding tert-OH is 1. The van der Waals surface area contributed by atoms with E-state index in [-0.39, 0.29) is 12.1 Å². The van der Waals surface area contributed by atoms with Crippen LogP contribution in [0.1, 0.15) is 16.7 Å². The Hall–Kier alpha value is -2.64. The van der Waals surface area contributed by atoms with Gasteiger partial charge in [-0.3, -0.25) is 4.79 Å². The molecule has 0 saturated heterocycles. The van der Waals surface area contributed by atoms with Gasteiger partial charge in [0, 0.05) is 11.6 Å². The van der Waals surface area contributed by atoms with Crippen molar-refractivity contribution in [1.29, 1.82) is 0 Å². The molecule has 0 aromatic heterocycles. The third-order valence-corrected chi connectivity index (χ3v) is 2.61. The van der Waals surface area contributed by atoms with E-state index in [1.165, 1.54) is 0 Å². The second kappa shape index (κ2) is 6.46. The van der Waals surface area contributed by atoms with Gasteiger partial charge in [-0.15, -0.1) is 0 Å². The fourth-order valence-corrected chi connectivity index (χ4v) is 1.68. The molecule has 130 valence electrons. The molecule has 3 nitrogen and oxygen atoms in total. The van der Waals surface area contributed by atoms with Crippen LogP contribution < -0.4 is 0 Å². The van der Waals surface area contributed by atoms with E-state index in [4.69, 9.17) is 6.57 Å². The highest BCUT2D eigenvalue weighted by atomic mass is 19.4. The van der Waals surface area contributed by atoms with Crippen LogP contribution in [0.4, 0.5) is 40.8 Å². The van der Waals surface area contributed by atoms with Crippen LogP contribution in [0.25, 0.3) is 10.6 Å². The molecule has 0 saturated carbocycles. The number of allylic oxidation sites excluding steroid dienone is 1. The minimum atomic E-state index is -5.45. The third kappa shape index (κ3) is 4.21. The first-order chi connectivity index (χ1) is 10.8. The number of aliphatic hydroxyl groups is 1. The van der Waals surface area contributed by atoms with Gasteiger partial charge in [0.15, 0.2) is 5.69 Å². The number of benzene rings is 1. The number of carbonyl (C=O) groups is 1. The average molecular weight is 359 g/mol. The number of hydrogen-bond acceptors (Lipinski definition) is 2. The summed E-state index contributed by atoms with van der Waals surface area (Å²) < 4.78 is 102. The number of carbonyl (C=O) groups excluding carboxylic acids is 1. The van der Waals surface area contributed by atoms with Crippen LogP contribution >= 0.6 is 0 Å². The standard InChI is InChI=1S/C13H5F8NO2/c1-22-5-2-6(12(16,17)18)10(7(3-5)13(19,20)21)8(23)4-9(24)11(14)15/h2-4,11,23H/b8-4-. The lowest BCUT2D eigenvalue weighted by Crippen LogP contribution is -2.17. The Morgan fingerprint density at radius 2 is 1.50 bits per heavy atom. The van der Waals surface area contributed by atoms with Gasteiger partial charge < -0.3 is 5.11 Å². The molecule has 0 unspecified atom stereocenters. The third-order valence-electron chi connectivity index (χ3n) is 2.61. The fraction of sp³-hybridized carbons (Fsp3) is 0.231. The van der Waals surface area contributed by atoms with Crippen molar-refractivity contribution in [3.63, 3.8) is 0 Å². The largest absolute Gasteiger partial charge is 0.507 e. The van der Waals surface area contributed by atoms with Crippen LogP contribution in [-0.4, -0.2) is 17.3 Å². The molecule has 0 aliphatic rings. The van der Waals surface area contributed by atoms with E-state index < -0.39 is 58.8 Å². The number of halogens is 8. The summed E-state index contributed by atoms with van der Waals surface area (Å²) in [6.45, 7) is 6.55. The molecule has 24 heavy (non-hydrogen) atoms. The van der Waals surface area contributed by atoms with E-state index in [0.717, 1.165) is 0 Å². The van der Waals surface area contributed by atoms with Crippen molar-refractivity contribution in [2.45, 2.75) is 18.8 Å². The van der Waals surface area contributed by atoms with Gasteiger partial charge in [-0.05, 0) is 12.1 Å². The van der Waals surface area contributed by atoms with Gasteiger partial charge in [-0.1, -0.05) is 0 Å². The summed E-state index contributed by atoms with van der Waals surface area (Å²) in [5.41, 5.74) is -7.11. The van der Waals surface area contributed by atoms with Crippen LogP contribution in [0.5, 0.6) is 0 Å². The van der Waals surface area contributed by atoms with Crippen LogP contribution in [0.2, 0.25) is 0 Å². The highest BCUT2D eigenvalue weighted by Gasteiger charge is 2.42. The van der Waals surface area contributed by atoms with Gasteiger partial charge in [0.25, 0.3) is 6.43 Å². The van der Waals surface area contributed by atoms with Gasteiger partial charge >= 0.3 is 12.4 Å². The Labute approximate surface area is 128 Å². The molecule has 1 aromatic carbocycles. The van der Waals surface area contributed by atoms with Crippen LogP contribution in [0.3, 0.4) is 0 Å². The van der Waals surface area contributed by atoms with Gasteiger partial charge in [0.2, 0.25) is 5.78 Å². The summed E-state index contributed by atoms with van der Waals surface area (Å²) in [5, 5.41) is 9.42. The Kier molecular flexibility index (Phi) is 5.23. The van der Waals surface area contributed by atoms with Gasteiger partial charge in [0.05, 0.1) is 17.7 Å². The Bertz CT molecular complexity index is 690. The van der Waals surface area contributed by atoms with Gasteiger partial charge in [-0.2, -0.15) is 26.3 Å². The lowest BCUT2D eigenvalue weighted by Gasteiger charge is -2.19. The molecule has 1 rings (SSSR count). The molecule has 0 aliphatic heterocycles.